The van der Waals surface area contributed by atoms with Crippen molar-refractivity contribution in [2.24, 2.45) is 0 Å². The molecule has 2 heterocycles. The Morgan fingerprint density at radius 3 is 3.00 bits per heavy atom. The zero-order valence-corrected chi connectivity index (χ0v) is 12.2. The highest BCUT2D eigenvalue weighted by atomic mass is 16.5. The first-order chi connectivity index (χ1) is 10.7. The maximum Gasteiger partial charge on any atom is 0.277 e. The van der Waals surface area contributed by atoms with Gasteiger partial charge in [-0.05, 0) is 43.5 Å². The summed E-state index contributed by atoms with van der Waals surface area (Å²) in [5.41, 5.74) is 3.01. The molecule has 5 heteroatoms. The minimum Gasteiger partial charge on any atom is -0.360 e. The van der Waals surface area contributed by atoms with Crippen molar-refractivity contribution in [1.82, 2.24) is 10.1 Å². The molecule has 5 nitrogen and oxygen atoms in total. The highest BCUT2D eigenvalue weighted by Crippen LogP contribution is 2.40. The van der Waals surface area contributed by atoms with Crippen LogP contribution in [-0.2, 0) is 0 Å². The number of benzene rings is 1. The number of nitrogens with zero attached hydrogens (tertiary/aromatic N) is 2. The fourth-order valence-electron chi connectivity index (χ4n) is 2.57. The number of rotatable bonds is 3. The molecular formula is C17H15N3O2. The van der Waals surface area contributed by atoms with Gasteiger partial charge in [-0.15, -0.1) is 0 Å². The molecule has 4 rings (SSSR count). The summed E-state index contributed by atoms with van der Waals surface area (Å²) in [4.78, 5) is 16.7. The molecule has 0 spiro atoms. The van der Waals surface area contributed by atoms with Gasteiger partial charge >= 0.3 is 0 Å². The Morgan fingerprint density at radius 1 is 1.32 bits per heavy atom. The fourth-order valence-corrected chi connectivity index (χ4v) is 2.57. The van der Waals surface area contributed by atoms with Crippen LogP contribution in [0.1, 0.15) is 40.6 Å². The third kappa shape index (κ3) is 2.24. The van der Waals surface area contributed by atoms with Gasteiger partial charge in [0, 0.05) is 23.6 Å². The van der Waals surface area contributed by atoms with Crippen molar-refractivity contribution in [3.8, 4) is 0 Å². The topological polar surface area (TPSA) is 68.0 Å². The van der Waals surface area contributed by atoms with E-state index in [1.807, 2.05) is 31.2 Å². The van der Waals surface area contributed by atoms with E-state index in [2.05, 4.69) is 15.5 Å². The predicted molar refractivity (Wildman–Crippen MR) is 82.9 cm³/mol. The average Bonchev–Trinajstić information content (AvgIpc) is 3.27. The summed E-state index contributed by atoms with van der Waals surface area (Å²) in [6.45, 7) is 2.00. The van der Waals surface area contributed by atoms with E-state index in [0.29, 0.717) is 11.6 Å². The molecule has 0 bridgehead atoms. The number of anilines is 1. The Labute approximate surface area is 127 Å². The number of amides is 1. The fraction of sp³-hybridized carbons (Fsp3) is 0.235. The molecule has 0 saturated heterocycles. The van der Waals surface area contributed by atoms with Crippen molar-refractivity contribution >= 4 is 22.5 Å². The van der Waals surface area contributed by atoms with Crippen LogP contribution in [0.5, 0.6) is 0 Å². The van der Waals surface area contributed by atoms with Gasteiger partial charge in [0.2, 0.25) is 0 Å². The zero-order chi connectivity index (χ0) is 15.1. The molecule has 0 unspecified atom stereocenters. The molecule has 22 heavy (non-hydrogen) atoms. The van der Waals surface area contributed by atoms with Gasteiger partial charge in [-0.2, -0.15) is 0 Å². The number of nitrogens with one attached hydrogen (secondary N) is 1. The minimum atomic E-state index is -0.260. The minimum absolute atomic E-state index is 0.260. The first-order valence-corrected chi connectivity index (χ1v) is 7.34. The van der Waals surface area contributed by atoms with Gasteiger partial charge in [0.1, 0.15) is 5.76 Å². The van der Waals surface area contributed by atoms with Crippen molar-refractivity contribution in [2.75, 3.05) is 5.32 Å². The molecule has 2 aromatic heterocycles. The second-order valence-electron chi connectivity index (χ2n) is 5.67. The number of hydrogen-bond acceptors (Lipinski definition) is 4. The SMILES string of the molecule is Cc1ccc(NC(=O)c2cc(C3CC3)on2)c2cccnc12. The van der Waals surface area contributed by atoms with Crippen LogP contribution in [0.2, 0.25) is 0 Å². The van der Waals surface area contributed by atoms with Gasteiger partial charge in [-0.1, -0.05) is 11.2 Å². The van der Waals surface area contributed by atoms with Crippen LogP contribution in [0.15, 0.2) is 41.1 Å². The van der Waals surface area contributed by atoms with Crippen LogP contribution >= 0.6 is 0 Å². The lowest BCUT2D eigenvalue weighted by atomic mass is 10.1. The van der Waals surface area contributed by atoms with Gasteiger partial charge in [-0.25, -0.2) is 0 Å². The molecule has 110 valence electrons. The van der Waals surface area contributed by atoms with E-state index in [9.17, 15) is 4.79 Å². The summed E-state index contributed by atoms with van der Waals surface area (Å²) in [5, 5.41) is 7.69. The molecule has 1 aliphatic rings. The molecule has 1 aliphatic carbocycles. The lowest BCUT2D eigenvalue weighted by molar-refractivity contribution is 0.101. The van der Waals surface area contributed by atoms with Gasteiger partial charge in [0.05, 0.1) is 11.2 Å². The summed E-state index contributed by atoms with van der Waals surface area (Å²) in [6, 6.07) is 9.38. The number of pyridine rings is 1. The highest BCUT2D eigenvalue weighted by molar-refractivity contribution is 6.08. The van der Waals surface area contributed by atoms with E-state index in [0.717, 1.165) is 40.8 Å². The molecule has 1 N–H and O–H groups in total. The van der Waals surface area contributed by atoms with E-state index >= 15 is 0 Å². The quantitative estimate of drug-likeness (QED) is 0.800. The van der Waals surface area contributed by atoms with Gasteiger partial charge in [-0.3, -0.25) is 9.78 Å². The van der Waals surface area contributed by atoms with Crippen LogP contribution in [0.25, 0.3) is 10.9 Å². The molecular weight excluding hydrogens is 278 g/mol. The maximum absolute atomic E-state index is 12.3. The molecule has 0 radical (unpaired) electrons. The predicted octanol–water partition coefficient (Wildman–Crippen LogP) is 3.66. The van der Waals surface area contributed by atoms with E-state index < -0.39 is 0 Å². The summed E-state index contributed by atoms with van der Waals surface area (Å²) >= 11 is 0. The second-order valence-corrected chi connectivity index (χ2v) is 5.67. The largest absolute Gasteiger partial charge is 0.360 e. The van der Waals surface area contributed by atoms with Crippen molar-refractivity contribution in [1.29, 1.82) is 0 Å². The molecule has 1 aromatic carbocycles. The number of aromatic nitrogens is 2. The van der Waals surface area contributed by atoms with E-state index in [4.69, 9.17) is 4.52 Å². The molecule has 0 atom stereocenters. The van der Waals surface area contributed by atoms with Crippen molar-refractivity contribution in [3.05, 3.63) is 53.5 Å². The molecule has 3 aromatic rings. The summed E-state index contributed by atoms with van der Waals surface area (Å²) in [7, 11) is 0. The van der Waals surface area contributed by atoms with Crippen molar-refractivity contribution in [3.63, 3.8) is 0 Å². The molecule has 1 amide bonds. The first-order valence-electron chi connectivity index (χ1n) is 7.34. The Hall–Kier alpha value is -2.69. The molecule has 0 aliphatic heterocycles. The standard InChI is InChI=1S/C17H15N3O2/c1-10-4-7-13(12-3-2-8-18-16(10)12)19-17(21)14-9-15(22-20-14)11-5-6-11/h2-4,7-9,11H,5-6H2,1H3,(H,19,21). The molecule has 1 saturated carbocycles. The number of carbonyl (C=O) groups excluding carboxylic acids is 1. The van der Waals surface area contributed by atoms with Crippen LogP contribution in [0, 0.1) is 6.92 Å². The Kier molecular flexibility index (Phi) is 2.92. The number of hydrogen-bond donors (Lipinski definition) is 1. The number of carbonyl (C=O) groups is 1. The first kappa shape index (κ1) is 13.0. The Bertz CT molecular complexity index is 865. The lowest BCUT2D eigenvalue weighted by Gasteiger charge is -2.08. The van der Waals surface area contributed by atoms with Crippen LogP contribution < -0.4 is 5.32 Å². The normalized spacial score (nSPS) is 14.2. The lowest BCUT2D eigenvalue weighted by Crippen LogP contribution is -2.12. The van der Waals surface area contributed by atoms with Crippen LogP contribution in [-0.4, -0.2) is 16.0 Å². The van der Waals surface area contributed by atoms with Gasteiger partial charge in [0.15, 0.2) is 5.69 Å². The Balaban J connectivity index is 1.65. The Morgan fingerprint density at radius 2 is 2.18 bits per heavy atom. The van der Waals surface area contributed by atoms with Gasteiger partial charge < -0.3 is 9.84 Å². The average molecular weight is 293 g/mol. The van der Waals surface area contributed by atoms with Gasteiger partial charge in [0.25, 0.3) is 5.91 Å². The third-order valence-electron chi connectivity index (χ3n) is 3.96. The summed E-state index contributed by atoms with van der Waals surface area (Å²) < 4.78 is 5.23. The smallest absolute Gasteiger partial charge is 0.277 e. The monoisotopic (exact) mass is 293 g/mol. The van der Waals surface area contributed by atoms with Crippen LogP contribution in [0.4, 0.5) is 5.69 Å². The van der Waals surface area contributed by atoms with Crippen LogP contribution in [0.3, 0.4) is 0 Å². The van der Waals surface area contributed by atoms with E-state index in [-0.39, 0.29) is 5.91 Å². The van der Waals surface area contributed by atoms with E-state index in [1.54, 1.807) is 12.3 Å². The van der Waals surface area contributed by atoms with Crippen molar-refractivity contribution in [2.45, 2.75) is 25.7 Å². The summed E-state index contributed by atoms with van der Waals surface area (Å²) in [5.74, 6) is 0.990. The highest BCUT2D eigenvalue weighted by Gasteiger charge is 2.29. The van der Waals surface area contributed by atoms with E-state index in [1.165, 1.54) is 0 Å². The zero-order valence-electron chi connectivity index (χ0n) is 12.2. The third-order valence-corrected chi connectivity index (χ3v) is 3.96. The number of fused-ring (bicyclic) bond motifs is 1. The van der Waals surface area contributed by atoms with Crippen molar-refractivity contribution < 1.29 is 9.32 Å². The number of aryl methyl sites for hydroxylation is 1. The summed E-state index contributed by atoms with van der Waals surface area (Å²) in [6.07, 6.45) is 3.98. The maximum atomic E-state index is 12.3. The second kappa shape index (κ2) is 4.94. The molecule has 1 fully saturated rings.